The first-order chi connectivity index (χ1) is 13.4. The molecule has 0 amide bonds. The first-order valence-corrected chi connectivity index (χ1v) is 15.2. The molecule has 16 heteroatoms. The van der Waals surface area contributed by atoms with E-state index in [-0.39, 0.29) is 55.1 Å². The summed E-state index contributed by atoms with van der Waals surface area (Å²) < 4.78 is 44.2. The number of carbonyl (C=O) groups excluding carboxylic acids is 3. The van der Waals surface area contributed by atoms with Gasteiger partial charge in [0.1, 0.15) is 0 Å². The van der Waals surface area contributed by atoms with Gasteiger partial charge in [0.25, 0.3) is 0 Å². The van der Waals surface area contributed by atoms with Crippen molar-refractivity contribution in [2.45, 2.75) is 19.3 Å². The zero-order chi connectivity index (χ0) is 24.6. The molecule has 0 saturated heterocycles. The number of ether oxygens (including phenoxy) is 3. The minimum absolute atomic E-state index is 0. The molecule has 0 bridgehead atoms. The van der Waals surface area contributed by atoms with Crippen LogP contribution in [0.15, 0.2) is 0 Å². The average molecular weight is 522 g/mol. The van der Waals surface area contributed by atoms with E-state index in [1.54, 1.807) is 0 Å². The fourth-order valence-electron chi connectivity index (χ4n) is 1.19. The second-order valence-corrected chi connectivity index (χ2v) is 13.6. The van der Waals surface area contributed by atoms with Crippen molar-refractivity contribution in [2.24, 2.45) is 0 Å². The van der Waals surface area contributed by atoms with Crippen molar-refractivity contribution in [3.8, 4) is 0 Å². The summed E-state index contributed by atoms with van der Waals surface area (Å²) in [6.07, 6.45) is -0.478. The Kier molecular flexibility index (Phi) is 23.2. The topological polar surface area (TPSA) is 199 Å². The Morgan fingerprint density at radius 3 is 0.839 bits per heavy atom. The van der Waals surface area contributed by atoms with Crippen molar-refractivity contribution in [1.82, 2.24) is 0 Å². The number of rotatable bonds is 9. The van der Waals surface area contributed by atoms with Gasteiger partial charge in [-0.15, -0.1) is 0 Å². The van der Waals surface area contributed by atoms with Crippen LogP contribution in [0.4, 0.5) is 0 Å². The number of methoxy groups -OCH3 is 3. The second kappa shape index (κ2) is 19.0. The fourth-order valence-corrected chi connectivity index (χ4v) is 2.96. The van der Waals surface area contributed by atoms with E-state index in [1.165, 1.54) is 21.3 Å². The number of carbonyl (C=O) groups is 3. The van der Waals surface area contributed by atoms with Crippen LogP contribution in [0.2, 0.25) is 0 Å². The van der Waals surface area contributed by atoms with Gasteiger partial charge in [-0.05, 0) is 38.5 Å². The minimum Gasteiger partial charge on any atom is -0.799 e. The van der Waals surface area contributed by atoms with Gasteiger partial charge < -0.3 is 42.6 Å². The molecule has 0 aromatic carbocycles. The van der Waals surface area contributed by atoms with Gasteiger partial charge in [-0.25, -0.2) is 0 Å². The monoisotopic (exact) mass is 522 g/mol. The molecule has 180 valence electrons. The quantitative estimate of drug-likeness (QED) is 0.156. The normalized spacial score (nSPS) is 15.4. The van der Waals surface area contributed by atoms with Crippen LogP contribution in [-0.2, 0) is 42.3 Å². The summed E-state index contributed by atoms with van der Waals surface area (Å²) in [4.78, 5) is 62.5. The number of hydrogen-bond donors (Lipinski definition) is 0. The van der Waals surface area contributed by atoms with E-state index in [1.807, 2.05) is 0 Å². The molecular formula is C15H30AlO12P3. The Balaban J connectivity index is -0.000000174. The zero-order valence-electron chi connectivity index (χ0n) is 18.6. The molecule has 3 atom stereocenters. The van der Waals surface area contributed by atoms with E-state index in [9.17, 15) is 42.8 Å². The van der Waals surface area contributed by atoms with E-state index >= 15 is 0 Å². The molecular weight excluding hydrogens is 492 g/mol. The Bertz CT molecular complexity index is 574. The van der Waals surface area contributed by atoms with Crippen molar-refractivity contribution in [3.63, 3.8) is 0 Å². The Morgan fingerprint density at radius 2 is 0.742 bits per heavy atom. The SMILES string of the molecule is COC(=O)CCP(C)(=O)[O-].COC(=O)CCP(C)(=O)[O-].COC(=O)CCP(C)(=O)[O-].[Al+3]. The molecule has 0 rings (SSSR count). The van der Waals surface area contributed by atoms with E-state index in [0.717, 1.165) is 20.0 Å². The van der Waals surface area contributed by atoms with Crippen molar-refractivity contribution in [1.29, 1.82) is 0 Å². The third-order valence-corrected chi connectivity index (χ3v) is 5.96. The molecule has 0 saturated carbocycles. The standard InChI is InChI=1S/3C5H11O4P.Al/c3*1-9-5(6)3-4-10(2,7)8;/h3*3-4H2,1-2H3,(H,7,8);/q;;;+3/p-3. The summed E-state index contributed by atoms with van der Waals surface area (Å²) in [7, 11) is -6.16. The van der Waals surface area contributed by atoms with Crippen molar-refractivity contribution in [3.05, 3.63) is 0 Å². The Labute approximate surface area is 193 Å². The molecule has 0 heterocycles. The van der Waals surface area contributed by atoms with Gasteiger partial charge >= 0.3 is 35.3 Å². The molecule has 31 heavy (non-hydrogen) atoms. The molecule has 0 radical (unpaired) electrons. The van der Waals surface area contributed by atoms with E-state index in [4.69, 9.17) is 0 Å². The minimum atomic E-state index is -3.28. The molecule has 0 aromatic heterocycles. The van der Waals surface area contributed by atoms with Gasteiger partial charge in [0.15, 0.2) is 0 Å². The summed E-state index contributed by atoms with van der Waals surface area (Å²) in [6, 6.07) is 0. The van der Waals surface area contributed by atoms with Crippen molar-refractivity contribution < 1.29 is 57.0 Å². The van der Waals surface area contributed by atoms with Gasteiger partial charge in [0.05, 0.1) is 40.6 Å². The largest absolute Gasteiger partial charge is 3.00 e. The molecule has 3 unspecified atom stereocenters. The molecule has 0 N–H and O–H groups in total. The van der Waals surface area contributed by atoms with Crippen LogP contribution in [0.5, 0.6) is 0 Å². The van der Waals surface area contributed by atoms with Crippen molar-refractivity contribution >= 4 is 57.4 Å². The molecule has 12 nitrogen and oxygen atoms in total. The summed E-state index contributed by atoms with van der Waals surface area (Å²) in [6.45, 7) is 3.32. The molecule has 0 aliphatic rings. The van der Waals surface area contributed by atoms with Gasteiger partial charge in [-0.1, -0.05) is 0 Å². The van der Waals surface area contributed by atoms with Crippen LogP contribution < -0.4 is 14.7 Å². The molecule has 0 aliphatic heterocycles. The van der Waals surface area contributed by atoms with Gasteiger partial charge in [0, 0.05) is 22.1 Å². The van der Waals surface area contributed by atoms with E-state index in [2.05, 4.69) is 14.2 Å². The Morgan fingerprint density at radius 1 is 0.581 bits per heavy atom. The summed E-state index contributed by atoms with van der Waals surface area (Å²) in [5.74, 6) is -1.46. The maximum atomic E-state index is 10.5. The maximum absolute atomic E-state index is 10.5. The summed E-state index contributed by atoms with van der Waals surface area (Å²) >= 11 is 0. The number of hydrogen-bond acceptors (Lipinski definition) is 12. The number of esters is 3. The second-order valence-electron chi connectivity index (χ2n) is 6.19. The third-order valence-electron chi connectivity index (χ3n) is 2.85. The average Bonchev–Trinajstić information content (AvgIpc) is 2.61. The predicted molar refractivity (Wildman–Crippen MR) is 111 cm³/mol. The van der Waals surface area contributed by atoms with Crippen LogP contribution in [0, 0.1) is 0 Å². The van der Waals surface area contributed by atoms with Crippen LogP contribution in [0.3, 0.4) is 0 Å². The first-order valence-electron chi connectivity index (χ1n) is 8.40. The van der Waals surface area contributed by atoms with Crippen LogP contribution >= 0.6 is 22.1 Å². The zero-order valence-corrected chi connectivity index (χ0v) is 22.4. The van der Waals surface area contributed by atoms with Gasteiger partial charge in [-0.3, -0.25) is 14.4 Å². The van der Waals surface area contributed by atoms with Crippen LogP contribution in [-0.4, -0.2) is 95.1 Å². The first kappa shape index (κ1) is 37.8. The molecule has 0 spiro atoms. The summed E-state index contributed by atoms with van der Waals surface area (Å²) in [5.41, 5.74) is 0. The van der Waals surface area contributed by atoms with Crippen molar-refractivity contribution in [2.75, 3.05) is 59.8 Å². The molecule has 0 fully saturated rings. The Hall–Kier alpha value is -0.488. The van der Waals surface area contributed by atoms with Gasteiger partial charge in [-0.2, -0.15) is 0 Å². The third kappa shape index (κ3) is 40.4. The van der Waals surface area contributed by atoms with E-state index < -0.39 is 40.0 Å². The smallest absolute Gasteiger partial charge is 0.799 e. The predicted octanol–water partition coefficient (Wildman–Crippen LogP) is -0.928. The van der Waals surface area contributed by atoms with E-state index in [0.29, 0.717) is 0 Å². The maximum Gasteiger partial charge on any atom is 3.00 e. The summed E-state index contributed by atoms with van der Waals surface area (Å²) in [5, 5.41) is 0. The van der Waals surface area contributed by atoms with Gasteiger partial charge in [0.2, 0.25) is 0 Å². The molecule has 0 aromatic rings. The van der Waals surface area contributed by atoms with Crippen LogP contribution in [0.1, 0.15) is 19.3 Å². The fraction of sp³-hybridized carbons (Fsp3) is 0.800. The van der Waals surface area contributed by atoms with Crippen LogP contribution in [0.25, 0.3) is 0 Å². The molecule has 0 aliphatic carbocycles.